The van der Waals surface area contributed by atoms with Gasteiger partial charge in [-0.1, -0.05) is 13.8 Å². The highest BCUT2D eigenvalue weighted by Gasteiger charge is 2.19. The molecule has 86 valence electrons. The summed E-state index contributed by atoms with van der Waals surface area (Å²) in [6.07, 6.45) is 2.04. The maximum absolute atomic E-state index is 6.20. The van der Waals surface area contributed by atoms with Crippen LogP contribution in [0.2, 0.25) is 0 Å². The van der Waals surface area contributed by atoms with Crippen molar-refractivity contribution in [3.63, 3.8) is 0 Å². The Morgan fingerprint density at radius 3 is 2.53 bits per heavy atom. The second kappa shape index (κ2) is 5.99. The topological polar surface area (TPSA) is 38.0 Å². The molecule has 0 amide bonds. The van der Waals surface area contributed by atoms with Gasteiger partial charge in [0.1, 0.15) is 0 Å². The summed E-state index contributed by atoms with van der Waals surface area (Å²) in [6, 6.07) is 4.22. The first-order valence-corrected chi connectivity index (χ1v) is 6.94. The number of hydrogen-bond acceptors (Lipinski definition) is 3. The van der Waals surface area contributed by atoms with E-state index in [9.17, 15) is 0 Å². The number of rotatable bonds is 6. The molecule has 1 aromatic heterocycles. The number of nitrogens with two attached hydrogens (primary N) is 1. The summed E-state index contributed by atoms with van der Waals surface area (Å²) in [5.74, 6) is 0. The van der Waals surface area contributed by atoms with E-state index in [1.165, 1.54) is 8.66 Å². The first-order valence-electron chi connectivity index (χ1n) is 5.33. The highest BCUT2D eigenvalue weighted by atomic mass is 79.9. The van der Waals surface area contributed by atoms with Crippen molar-refractivity contribution in [3.8, 4) is 0 Å². The van der Waals surface area contributed by atoms with Crippen molar-refractivity contribution in [3.05, 3.63) is 20.8 Å². The molecule has 0 aliphatic rings. The van der Waals surface area contributed by atoms with Crippen LogP contribution in [0.3, 0.4) is 0 Å². The molecule has 0 bridgehead atoms. The van der Waals surface area contributed by atoms with E-state index in [0.29, 0.717) is 0 Å². The van der Waals surface area contributed by atoms with Crippen molar-refractivity contribution >= 4 is 27.3 Å². The summed E-state index contributed by atoms with van der Waals surface area (Å²) in [5.41, 5.74) is 6.15. The van der Waals surface area contributed by atoms with E-state index in [-0.39, 0.29) is 5.54 Å². The van der Waals surface area contributed by atoms with E-state index in [1.807, 2.05) is 0 Å². The highest BCUT2D eigenvalue weighted by Crippen LogP contribution is 2.21. The van der Waals surface area contributed by atoms with E-state index in [0.717, 1.165) is 25.9 Å². The molecule has 0 aromatic carbocycles. The molecule has 0 aliphatic heterocycles. The zero-order valence-electron chi connectivity index (χ0n) is 9.35. The van der Waals surface area contributed by atoms with Crippen LogP contribution in [0.15, 0.2) is 15.9 Å². The minimum absolute atomic E-state index is 0.0471. The summed E-state index contributed by atoms with van der Waals surface area (Å²) in [7, 11) is 0. The van der Waals surface area contributed by atoms with Gasteiger partial charge in [0.15, 0.2) is 0 Å². The highest BCUT2D eigenvalue weighted by molar-refractivity contribution is 9.11. The summed E-state index contributed by atoms with van der Waals surface area (Å²) >= 11 is 5.22. The fraction of sp³-hybridized carbons (Fsp3) is 0.636. The lowest BCUT2D eigenvalue weighted by Gasteiger charge is -2.26. The monoisotopic (exact) mass is 290 g/mol. The van der Waals surface area contributed by atoms with Gasteiger partial charge in [-0.2, -0.15) is 0 Å². The Morgan fingerprint density at radius 1 is 1.40 bits per heavy atom. The van der Waals surface area contributed by atoms with Crippen LogP contribution in [-0.2, 0) is 6.54 Å². The molecule has 1 rings (SSSR count). The van der Waals surface area contributed by atoms with Gasteiger partial charge >= 0.3 is 0 Å². The normalized spacial score (nSPS) is 12.0. The Balaban J connectivity index is 2.32. The molecule has 0 saturated carbocycles. The lowest BCUT2D eigenvalue weighted by atomic mass is 9.94. The van der Waals surface area contributed by atoms with Crippen LogP contribution in [0.1, 0.15) is 31.6 Å². The predicted molar refractivity (Wildman–Crippen MR) is 71.2 cm³/mol. The number of halogens is 1. The third-order valence-electron chi connectivity index (χ3n) is 2.81. The van der Waals surface area contributed by atoms with Crippen LogP contribution < -0.4 is 11.1 Å². The Kier molecular flexibility index (Phi) is 5.26. The Morgan fingerprint density at radius 2 is 2.07 bits per heavy atom. The average Bonchev–Trinajstić information content (AvgIpc) is 2.64. The molecule has 0 radical (unpaired) electrons. The first-order chi connectivity index (χ1) is 7.09. The predicted octanol–water partition coefficient (Wildman–Crippen LogP) is 3.12. The first kappa shape index (κ1) is 13.2. The van der Waals surface area contributed by atoms with E-state index in [2.05, 4.69) is 47.2 Å². The van der Waals surface area contributed by atoms with Crippen LogP contribution in [0.4, 0.5) is 0 Å². The van der Waals surface area contributed by atoms with E-state index in [1.54, 1.807) is 11.3 Å². The standard InChI is InChI=1S/C11H19BrN2S/c1-3-11(13,4-2)8-14-7-9-5-6-10(12)15-9/h5-6,14H,3-4,7-8,13H2,1-2H3. The molecule has 0 fully saturated rings. The minimum Gasteiger partial charge on any atom is -0.324 e. The molecular weight excluding hydrogens is 272 g/mol. The van der Waals surface area contributed by atoms with Crippen LogP contribution in [0.5, 0.6) is 0 Å². The Hall–Kier alpha value is 0.1000. The zero-order valence-corrected chi connectivity index (χ0v) is 11.7. The van der Waals surface area contributed by atoms with Gasteiger partial charge in [0, 0.05) is 23.5 Å². The summed E-state index contributed by atoms with van der Waals surface area (Å²) in [5, 5.41) is 3.42. The van der Waals surface area contributed by atoms with Crippen molar-refractivity contribution in [2.45, 2.75) is 38.8 Å². The van der Waals surface area contributed by atoms with Crippen molar-refractivity contribution in [1.82, 2.24) is 5.32 Å². The lowest BCUT2D eigenvalue weighted by Crippen LogP contribution is -2.47. The van der Waals surface area contributed by atoms with Crippen molar-refractivity contribution in [1.29, 1.82) is 0 Å². The van der Waals surface area contributed by atoms with Gasteiger partial charge in [0.2, 0.25) is 0 Å². The molecule has 4 heteroatoms. The van der Waals surface area contributed by atoms with Crippen molar-refractivity contribution in [2.75, 3.05) is 6.54 Å². The van der Waals surface area contributed by atoms with Gasteiger partial charge in [-0.3, -0.25) is 0 Å². The Bertz CT molecular complexity index is 295. The van der Waals surface area contributed by atoms with Crippen molar-refractivity contribution in [2.24, 2.45) is 5.73 Å². The molecule has 0 aliphatic carbocycles. The molecule has 0 saturated heterocycles. The molecule has 0 unspecified atom stereocenters. The van der Waals surface area contributed by atoms with Gasteiger partial charge in [-0.05, 0) is 40.9 Å². The fourth-order valence-corrected chi connectivity index (χ4v) is 2.83. The fourth-order valence-electron chi connectivity index (χ4n) is 1.38. The molecule has 3 N–H and O–H groups in total. The van der Waals surface area contributed by atoms with E-state index in [4.69, 9.17) is 5.73 Å². The van der Waals surface area contributed by atoms with Gasteiger partial charge in [0.25, 0.3) is 0 Å². The third kappa shape index (κ3) is 4.23. The van der Waals surface area contributed by atoms with E-state index < -0.39 is 0 Å². The SMILES string of the molecule is CCC(N)(CC)CNCc1ccc(Br)s1. The molecule has 0 atom stereocenters. The van der Waals surface area contributed by atoms with Gasteiger partial charge < -0.3 is 11.1 Å². The molecule has 1 aromatic rings. The lowest BCUT2D eigenvalue weighted by molar-refractivity contribution is 0.370. The quantitative estimate of drug-likeness (QED) is 0.845. The minimum atomic E-state index is -0.0471. The second-order valence-electron chi connectivity index (χ2n) is 3.88. The molecule has 1 heterocycles. The average molecular weight is 291 g/mol. The van der Waals surface area contributed by atoms with Crippen molar-refractivity contribution < 1.29 is 0 Å². The molecule has 2 nitrogen and oxygen atoms in total. The van der Waals surface area contributed by atoms with Gasteiger partial charge in [-0.15, -0.1) is 11.3 Å². The largest absolute Gasteiger partial charge is 0.324 e. The summed E-state index contributed by atoms with van der Waals surface area (Å²) in [4.78, 5) is 1.34. The molecular formula is C11H19BrN2S. The summed E-state index contributed by atoms with van der Waals surface area (Å²) in [6.45, 7) is 6.09. The number of thiophene rings is 1. The maximum atomic E-state index is 6.20. The third-order valence-corrected chi connectivity index (χ3v) is 4.44. The summed E-state index contributed by atoms with van der Waals surface area (Å²) < 4.78 is 1.18. The van der Waals surface area contributed by atoms with Gasteiger partial charge in [0.05, 0.1) is 3.79 Å². The van der Waals surface area contributed by atoms with Crippen LogP contribution >= 0.6 is 27.3 Å². The van der Waals surface area contributed by atoms with E-state index >= 15 is 0 Å². The van der Waals surface area contributed by atoms with Gasteiger partial charge in [-0.25, -0.2) is 0 Å². The smallest absolute Gasteiger partial charge is 0.0701 e. The van der Waals surface area contributed by atoms with Crippen LogP contribution in [-0.4, -0.2) is 12.1 Å². The zero-order chi connectivity index (χ0) is 11.3. The maximum Gasteiger partial charge on any atom is 0.0701 e. The number of nitrogens with one attached hydrogen (secondary N) is 1. The number of hydrogen-bond donors (Lipinski definition) is 2. The van der Waals surface area contributed by atoms with Crippen LogP contribution in [0.25, 0.3) is 0 Å². The molecule has 15 heavy (non-hydrogen) atoms. The van der Waals surface area contributed by atoms with Crippen LogP contribution in [0, 0.1) is 0 Å². The second-order valence-corrected chi connectivity index (χ2v) is 6.43. The Labute approximate surface area is 104 Å². The molecule has 0 spiro atoms.